The standard InChI is InChI=1S/C10H7N5OS2/c16-10(13-5-8-11-1-2-17-8)6-3-7-9(12-4-6)15-18-14-7/h1-4H,5H2,(H,13,16). The Labute approximate surface area is 110 Å². The zero-order valence-corrected chi connectivity index (χ0v) is 10.7. The van der Waals surface area contributed by atoms with Crippen LogP contribution in [0.5, 0.6) is 0 Å². The van der Waals surface area contributed by atoms with E-state index in [4.69, 9.17) is 0 Å². The lowest BCUT2D eigenvalue weighted by atomic mass is 10.2. The predicted octanol–water partition coefficient (Wildman–Crippen LogP) is 1.47. The van der Waals surface area contributed by atoms with Gasteiger partial charge in [0.15, 0.2) is 5.65 Å². The van der Waals surface area contributed by atoms with Crippen molar-refractivity contribution in [3.8, 4) is 0 Å². The van der Waals surface area contributed by atoms with Crippen LogP contribution in [0.2, 0.25) is 0 Å². The van der Waals surface area contributed by atoms with E-state index in [1.807, 2.05) is 5.38 Å². The highest BCUT2D eigenvalue weighted by atomic mass is 32.1. The van der Waals surface area contributed by atoms with Crippen LogP contribution in [0.15, 0.2) is 23.8 Å². The molecule has 0 saturated heterocycles. The Bertz CT molecular complexity index is 678. The lowest BCUT2D eigenvalue weighted by molar-refractivity contribution is 0.0950. The van der Waals surface area contributed by atoms with E-state index in [-0.39, 0.29) is 5.91 Å². The maximum atomic E-state index is 11.9. The zero-order chi connectivity index (χ0) is 12.4. The first-order chi connectivity index (χ1) is 8.83. The second-order valence-electron chi connectivity index (χ2n) is 3.44. The van der Waals surface area contributed by atoms with E-state index in [0.29, 0.717) is 23.3 Å². The number of thiazole rings is 1. The molecule has 0 radical (unpaired) electrons. The third-order valence-corrected chi connectivity index (χ3v) is 3.57. The molecule has 3 heterocycles. The Morgan fingerprint density at radius 1 is 1.33 bits per heavy atom. The molecule has 18 heavy (non-hydrogen) atoms. The maximum Gasteiger partial charge on any atom is 0.253 e. The van der Waals surface area contributed by atoms with Crippen molar-refractivity contribution < 1.29 is 4.79 Å². The van der Waals surface area contributed by atoms with Gasteiger partial charge in [-0.05, 0) is 6.07 Å². The van der Waals surface area contributed by atoms with Crippen LogP contribution in [0.25, 0.3) is 11.2 Å². The van der Waals surface area contributed by atoms with E-state index in [0.717, 1.165) is 16.7 Å². The maximum absolute atomic E-state index is 11.9. The molecule has 0 saturated carbocycles. The summed E-state index contributed by atoms with van der Waals surface area (Å²) in [5.74, 6) is -0.187. The topological polar surface area (TPSA) is 80.7 Å². The highest BCUT2D eigenvalue weighted by Crippen LogP contribution is 2.10. The van der Waals surface area contributed by atoms with E-state index in [2.05, 4.69) is 24.0 Å². The average Bonchev–Trinajstić information content (AvgIpc) is 3.05. The van der Waals surface area contributed by atoms with E-state index >= 15 is 0 Å². The molecule has 1 amide bonds. The fraction of sp³-hybridized carbons (Fsp3) is 0.100. The fourth-order valence-corrected chi connectivity index (χ4v) is 2.45. The third kappa shape index (κ3) is 2.20. The van der Waals surface area contributed by atoms with Crippen molar-refractivity contribution in [3.63, 3.8) is 0 Å². The van der Waals surface area contributed by atoms with Crippen molar-refractivity contribution in [2.75, 3.05) is 0 Å². The number of rotatable bonds is 3. The number of pyridine rings is 1. The minimum absolute atomic E-state index is 0.187. The van der Waals surface area contributed by atoms with Crippen molar-refractivity contribution in [2.45, 2.75) is 6.54 Å². The number of carbonyl (C=O) groups is 1. The number of aromatic nitrogens is 4. The van der Waals surface area contributed by atoms with Gasteiger partial charge in [0.2, 0.25) is 0 Å². The summed E-state index contributed by atoms with van der Waals surface area (Å²) in [7, 11) is 0. The average molecular weight is 277 g/mol. The number of fused-ring (bicyclic) bond motifs is 1. The lowest BCUT2D eigenvalue weighted by Crippen LogP contribution is -2.22. The van der Waals surface area contributed by atoms with Crippen molar-refractivity contribution in [3.05, 3.63) is 34.4 Å². The molecule has 6 nitrogen and oxygen atoms in total. The van der Waals surface area contributed by atoms with Crippen LogP contribution in [0.4, 0.5) is 0 Å². The number of nitrogens with zero attached hydrogens (tertiary/aromatic N) is 4. The van der Waals surface area contributed by atoms with Crippen LogP contribution in [-0.4, -0.2) is 24.6 Å². The van der Waals surface area contributed by atoms with Crippen LogP contribution in [0.1, 0.15) is 15.4 Å². The molecule has 0 aliphatic heterocycles. The molecule has 3 aromatic heterocycles. The van der Waals surface area contributed by atoms with Gasteiger partial charge in [-0.2, -0.15) is 8.75 Å². The van der Waals surface area contributed by atoms with Gasteiger partial charge in [-0.25, -0.2) is 9.97 Å². The number of hydrogen-bond acceptors (Lipinski definition) is 7. The summed E-state index contributed by atoms with van der Waals surface area (Å²) in [5, 5.41) is 5.52. The van der Waals surface area contributed by atoms with Crippen LogP contribution < -0.4 is 5.32 Å². The van der Waals surface area contributed by atoms with Gasteiger partial charge < -0.3 is 5.32 Å². The van der Waals surface area contributed by atoms with Crippen LogP contribution >= 0.6 is 23.1 Å². The van der Waals surface area contributed by atoms with E-state index < -0.39 is 0 Å². The Morgan fingerprint density at radius 2 is 2.28 bits per heavy atom. The molecule has 0 bridgehead atoms. The molecule has 0 aliphatic rings. The predicted molar refractivity (Wildman–Crippen MR) is 68.5 cm³/mol. The molecule has 0 spiro atoms. The van der Waals surface area contributed by atoms with Gasteiger partial charge in [0.25, 0.3) is 5.91 Å². The third-order valence-electron chi connectivity index (χ3n) is 2.26. The molecule has 3 aromatic rings. The van der Waals surface area contributed by atoms with Gasteiger partial charge in [-0.3, -0.25) is 4.79 Å². The van der Waals surface area contributed by atoms with E-state index in [9.17, 15) is 4.79 Å². The number of hydrogen-bond donors (Lipinski definition) is 1. The number of amides is 1. The zero-order valence-electron chi connectivity index (χ0n) is 9.03. The largest absolute Gasteiger partial charge is 0.345 e. The van der Waals surface area contributed by atoms with Gasteiger partial charge in [0.05, 0.1) is 23.8 Å². The van der Waals surface area contributed by atoms with Crippen LogP contribution in [-0.2, 0) is 6.54 Å². The molecule has 0 aliphatic carbocycles. The molecular weight excluding hydrogens is 270 g/mol. The van der Waals surface area contributed by atoms with E-state index in [1.54, 1.807) is 12.3 Å². The molecule has 0 unspecified atom stereocenters. The Hall–Kier alpha value is -1.93. The number of nitrogens with one attached hydrogen (secondary N) is 1. The summed E-state index contributed by atoms with van der Waals surface area (Å²) >= 11 is 2.58. The molecule has 0 atom stereocenters. The molecule has 90 valence electrons. The number of carbonyl (C=O) groups excluding carboxylic acids is 1. The smallest absolute Gasteiger partial charge is 0.253 e. The van der Waals surface area contributed by atoms with Gasteiger partial charge in [-0.15, -0.1) is 11.3 Å². The van der Waals surface area contributed by atoms with Crippen molar-refractivity contribution >= 4 is 40.1 Å². The molecule has 8 heteroatoms. The quantitative estimate of drug-likeness (QED) is 0.784. The second-order valence-corrected chi connectivity index (χ2v) is 4.95. The highest BCUT2D eigenvalue weighted by Gasteiger charge is 2.09. The summed E-state index contributed by atoms with van der Waals surface area (Å²) in [5.41, 5.74) is 1.69. The Morgan fingerprint density at radius 3 is 3.11 bits per heavy atom. The first-order valence-electron chi connectivity index (χ1n) is 5.08. The van der Waals surface area contributed by atoms with Crippen molar-refractivity contribution in [1.82, 2.24) is 24.0 Å². The van der Waals surface area contributed by atoms with Crippen molar-refractivity contribution in [1.29, 1.82) is 0 Å². The summed E-state index contributed by atoms with van der Waals surface area (Å²) in [6.07, 6.45) is 3.21. The highest BCUT2D eigenvalue weighted by molar-refractivity contribution is 7.09. The van der Waals surface area contributed by atoms with Crippen LogP contribution in [0, 0.1) is 0 Å². The van der Waals surface area contributed by atoms with Gasteiger partial charge in [-0.1, -0.05) is 0 Å². The molecular formula is C10H7N5OS2. The Balaban J connectivity index is 1.75. The van der Waals surface area contributed by atoms with E-state index in [1.165, 1.54) is 17.5 Å². The summed E-state index contributed by atoms with van der Waals surface area (Å²) in [4.78, 5) is 20.0. The summed E-state index contributed by atoms with van der Waals surface area (Å²) < 4.78 is 8.03. The monoisotopic (exact) mass is 277 g/mol. The molecule has 0 aromatic carbocycles. The van der Waals surface area contributed by atoms with Crippen molar-refractivity contribution in [2.24, 2.45) is 0 Å². The second kappa shape index (κ2) is 4.75. The molecule has 3 rings (SSSR count). The normalized spacial score (nSPS) is 10.7. The fourth-order valence-electron chi connectivity index (χ4n) is 1.41. The lowest BCUT2D eigenvalue weighted by Gasteiger charge is -2.02. The minimum atomic E-state index is -0.187. The van der Waals surface area contributed by atoms with Gasteiger partial charge in [0, 0.05) is 17.8 Å². The van der Waals surface area contributed by atoms with Gasteiger partial charge in [0.1, 0.15) is 10.5 Å². The molecule has 1 N–H and O–H groups in total. The SMILES string of the molecule is O=C(NCc1nccs1)c1cnc2nsnc2c1. The Kier molecular flexibility index (Phi) is 2.95. The minimum Gasteiger partial charge on any atom is -0.345 e. The summed E-state index contributed by atoms with van der Waals surface area (Å²) in [6, 6.07) is 1.68. The van der Waals surface area contributed by atoms with Gasteiger partial charge >= 0.3 is 0 Å². The van der Waals surface area contributed by atoms with Crippen LogP contribution in [0.3, 0.4) is 0 Å². The summed E-state index contributed by atoms with van der Waals surface area (Å²) in [6.45, 7) is 0.420. The molecule has 0 fully saturated rings. The first-order valence-corrected chi connectivity index (χ1v) is 6.69. The first kappa shape index (κ1) is 11.2.